The number of aromatic amines is 1. The Labute approximate surface area is 215 Å². The summed E-state index contributed by atoms with van der Waals surface area (Å²) in [6.07, 6.45) is 3.97. The van der Waals surface area contributed by atoms with Crippen molar-refractivity contribution in [3.63, 3.8) is 0 Å². The Kier molecular flexibility index (Phi) is 8.73. The van der Waals surface area contributed by atoms with E-state index in [0.717, 1.165) is 27.8 Å². The lowest BCUT2D eigenvalue weighted by molar-refractivity contribution is -0.160. The quantitative estimate of drug-likeness (QED) is 0.254. The minimum absolute atomic E-state index is 0.289. The van der Waals surface area contributed by atoms with E-state index in [0.29, 0.717) is 17.9 Å². The topological polar surface area (TPSA) is 123 Å². The SMILES string of the molecule is CN.C[C@@H](C(=O)Nc1ccc2c(-c3ccncc3)c(Cc3ccc(F)cc3)[nH]c2n1)C(=O)OC(C)(C)C. The van der Waals surface area contributed by atoms with Gasteiger partial charge in [0.05, 0.1) is 0 Å². The molecule has 4 aromatic rings. The third-order valence-electron chi connectivity index (χ3n) is 5.40. The van der Waals surface area contributed by atoms with Crippen molar-refractivity contribution < 1.29 is 18.7 Å². The zero-order chi connectivity index (χ0) is 27.2. The molecule has 8 nitrogen and oxygen atoms in total. The fourth-order valence-corrected chi connectivity index (χ4v) is 3.71. The summed E-state index contributed by atoms with van der Waals surface area (Å²) in [6, 6.07) is 13.7. The first-order valence-corrected chi connectivity index (χ1v) is 11.9. The average molecular weight is 506 g/mol. The number of nitrogens with zero attached hydrogens (tertiary/aromatic N) is 2. The fraction of sp³-hybridized carbons (Fsp3) is 0.286. The predicted octanol–water partition coefficient (Wildman–Crippen LogP) is 4.85. The van der Waals surface area contributed by atoms with E-state index in [9.17, 15) is 14.0 Å². The second-order valence-corrected chi connectivity index (χ2v) is 9.35. The first-order valence-electron chi connectivity index (χ1n) is 11.9. The van der Waals surface area contributed by atoms with Gasteiger partial charge in [-0.25, -0.2) is 9.37 Å². The number of benzene rings is 1. The van der Waals surface area contributed by atoms with Crippen LogP contribution in [-0.4, -0.2) is 39.5 Å². The van der Waals surface area contributed by atoms with Crippen LogP contribution in [-0.2, 0) is 20.7 Å². The number of hydrogen-bond donors (Lipinski definition) is 3. The Balaban J connectivity index is 0.00000186. The molecule has 0 unspecified atom stereocenters. The Morgan fingerprint density at radius 3 is 2.32 bits per heavy atom. The van der Waals surface area contributed by atoms with Crippen molar-refractivity contribution in [1.82, 2.24) is 15.0 Å². The molecule has 0 bridgehead atoms. The number of amides is 1. The van der Waals surface area contributed by atoms with E-state index >= 15 is 0 Å². The lowest BCUT2D eigenvalue weighted by atomic mass is 10.00. The van der Waals surface area contributed by atoms with Crippen molar-refractivity contribution in [2.45, 2.75) is 39.7 Å². The summed E-state index contributed by atoms with van der Waals surface area (Å²) in [4.78, 5) is 36.9. The lowest BCUT2D eigenvalue weighted by Crippen LogP contribution is -2.34. The number of halogens is 1. The van der Waals surface area contributed by atoms with Crippen molar-refractivity contribution in [2.24, 2.45) is 11.7 Å². The van der Waals surface area contributed by atoms with Crippen LogP contribution in [0.3, 0.4) is 0 Å². The van der Waals surface area contributed by atoms with Crippen LogP contribution in [0.4, 0.5) is 10.2 Å². The molecule has 0 saturated carbocycles. The van der Waals surface area contributed by atoms with Gasteiger partial charge in [-0.2, -0.15) is 0 Å². The molecule has 1 atom stereocenters. The number of carbonyl (C=O) groups is 2. The third kappa shape index (κ3) is 6.98. The van der Waals surface area contributed by atoms with Crippen LogP contribution >= 0.6 is 0 Å². The summed E-state index contributed by atoms with van der Waals surface area (Å²) in [5, 5.41) is 3.57. The number of fused-ring (bicyclic) bond motifs is 1. The van der Waals surface area contributed by atoms with E-state index < -0.39 is 23.4 Å². The molecule has 0 fully saturated rings. The van der Waals surface area contributed by atoms with Crippen LogP contribution in [0.2, 0.25) is 0 Å². The van der Waals surface area contributed by atoms with Gasteiger partial charge in [0.25, 0.3) is 0 Å². The molecular weight excluding hydrogens is 473 g/mol. The van der Waals surface area contributed by atoms with E-state index in [1.807, 2.05) is 18.2 Å². The maximum Gasteiger partial charge on any atom is 0.318 e. The Bertz CT molecular complexity index is 1360. The molecule has 0 aliphatic heterocycles. The second-order valence-electron chi connectivity index (χ2n) is 9.35. The molecule has 0 spiro atoms. The van der Waals surface area contributed by atoms with Gasteiger partial charge < -0.3 is 20.8 Å². The molecule has 0 radical (unpaired) electrons. The summed E-state index contributed by atoms with van der Waals surface area (Å²) >= 11 is 0. The molecule has 1 amide bonds. The molecule has 194 valence electrons. The number of ether oxygens (including phenoxy) is 1. The molecule has 0 saturated heterocycles. The van der Waals surface area contributed by atoms with E-state index in [1.54, 1.807) is 51.4 Å². The van der Waals surface area contributed by atoms with Gasteiger partial charge in [0.1, 0.15) is 28.8 Å². The molecule has 0 aliphatic carbocycles. The summed E-state index contributed by atoms with van der Waals surface area (Å²) < 4.78 is 18.7. The fourth-order valence-electron chi connectivity index (χ4n) is 3.71. The van der Waals surface area contributed by atoms with E-state index in [2.05, 4.69) is 26.0 Å². The van der Waals surface area contributed by atoms with Crippen LogP contribution < -0.4 is 11.1 Å². The van der Waals surface area contributed by atoms with E-state index in [1.165, 1.54) is 26.1 Å². The lowest BCUT2D eigenvalue weighted by Gasteiger charge is -2.21. The predicted molar refractivity (Wildman–Crippen MR) is 142 cm³/mol. The van der Waals surface area contributed by atoms with Gasteiger partial charge >= 0.3 is 5.97 Å². The van der Waals surface area contributed by atoms with Crippen LogP contribution in [0, 0.1) is 11.7 Å². The molecule has 37 heavy (non-hydrogen) atoms. The molecule has 3 aromatic heterocycles. The highest BCUT2D eigenvalue weighted by Gasteiger charge is 2.27. The Hall–Kier alpha value is -4.11. The highest BCUT2D eigenvalue weighted by atomic mass is 19.1. The maximum absolute atomic E-state index is 13.4. The Morgan fingerprint density at radius 1 is 1.05 bits per heavy atom. The minimum Gasteiger partial charge on any atom is -0.459 e. The van der Waals surface area contributed by atoms with Gasteiger partial charge in [-0.3, -0.25) is 14.6 Å². The van der Waals surface area contributed by atoms with Crippen LogP contribution in [0.15, 0.2) is 60.9 Å². The number of pyridine rings is 2. The number of H-pyrrole nitrogens is 1. The van der Waals surface area contributed by atoms with Crippen molar-refractivity contribution in [3.8, 4) is 11.1 Å². The van der Waals surface area contributed by atoms with E-state index in [-0.39, 0.29) is 5.82 Å². The zero-order valence-corrected chi connectivity index (χ0v) is 21.6. The summed E-state index contributed by atoms with van der Waals surface area (Å²) in [7, 11) is 1.50. The van der Waals surface area contributed by atoms with E-state index in [4.69, 9.17) is 4.74 Å². The van der Waals surface area contributed by atoms with Gasteiger partial charge in [-0.05, 0) is 82.3 Å². The molecule has 9 heteroatoms. The Morgan fingerprint density at radius 2 is 1.70 bits per heavy atom. The number of anilines is 1. The second kappa shape index (κ2) is 11.7. The summed E-state index contributed by atoms with van der Waals surface area (Å²) in [5.41, 5.74) is 8.15. The molecule has 0 aliphatic rings. The highest BCUT2D eigenvalue weighted by Crippen LogP contribution is 2.33. The molecule has 4 rings (SSSR count). The highest BCUT2D eigenvalue weighted by molar-refractivity contribution is 6.05. The number of carbonyl (C=O) groups excluding carboxylic acids is 2. The number of nitrogens with two attached hydrogens (primary N) is 1. The minimum atomic E-state index is -0.989. The van der Waals surface area contributed by atoms with Crippen molar-refractivity contribution in [2.75, 3.05) is 12.4 Å². The smallest absolute Gasteiger partial charge is 0.318 e. The summed E-state index contributed by atoms with van der Waals surface area (Å²) in [5.74, 6) is -2.07. The van der Waals surface area contributed by atoms with Gasteiger partial charge in [-0.15, -0.1) is 0 Å². The van der Waals surface area contributed by atoms with Crippen LogP contribution in [0.1, 0.15) is 39.0 Å². The van der Waals surface area contributed by atoms with Crippen LogP contribution in [0.5, 0.6) is 0 Å². The molecule has 3 heterocycles. The van der Waals surface area contributed by atoms with Gasteiger partial charge in [0.15, 0.2) is 0 Å². The summed E-state index contributed by atoms with van der Waals surface area (Å²) in [6.45, 7) is 6.75. The molecule has 4 N–H and O–H groups in total. The number of nitrogens with one attached hydrogen (secondary N) is 2. The first-order chi connectivity index (χ1) is 17.6. The normalized spacial score (nSPS) is 11.9. The monoisotopic (exact) mass is 505 g/mol. The van der Waals surface area contributed by atoms with Gasteiger partial charge in [-0.1, -0.05) is 12.1 Å². The average Bonchev–Trinajstić information content (AvgIpc) is 3.22. The molecule has 1 aromatic carbocycles. The van der Waals surface area contributed by atoms with Crippen molar-refractivity contribution >= 4 is 28.7 Å². The van der Waals surface area contributed by atoms with Gasteiger partial charge in [0, 0.05) is 35.5 Å². The third-order valence-corrected chi connectivity index (χ3v) is 5.40. The number of esters is 1. The standard InChI is InChI=1S/C27H27FN4O3.CH5N/c1-16(26(34)35-27(2,3)4)25(33)32-22-10-9-20-23(18-11-13-29-14-12-18)21(30-24(20)31-22)15-17-5-7-19(28)8-6-17;1-2/h5-14,16H,15H2,1-4H3,(H2,30,31,32,33);2H2,1H3/t16-;/m0./s1. The van der Waals surface area contributed by atoms with Crippen LogP contribution in [0.25, 0.3) is 22.2 Å². The molecular formula is C28H32FN5O3. The number of hydrogen-bond acceptors (Lipinski definition) is 6. The largest absolute Gasteiger partial charge is 0.459 e. The number of aromatic nitrogens is 3. The van der Waals surface area contributed by atoms with Gasteiger partial charge in [0.2, 0.25) is 5.91 Å². The van der Waals surface area contributed by atoms with Crippen molar-refractivity contribution in [1.29, 1.82) is 0 Å². The van der Waals surface area contributed by atoms with Crippen molar-refractivity contribution in [3.05, 3.63) is 78.0 Å². The maximum atomic E-state index is 13.4. The first kappa shape index (κ1) is 27.5. The number of rotatable bonds is 6. The zero-order valence-electron chi connectivity index (χ0n) is 21.6.